The van der Waals surface area contributed by atoms with E-state index in [0.29, 0.717) is 6.54 Å². The molecule has 25 heavy (non-hydrogen) atoms. The molecule has 0 radical (unpaired) electrons. The molecule has 0 fully saturated rings. The standard InChI is InChI=1S/C18H24N4O3/c1-11-5-13-6-16(24-4)14(7-17(13)25-11)8-19-18(23)21-12(2)15-9-20-22(3)10-15/h6-7,9-12H,5,8H2,1-4H3,(H2,19,21,23). The summed E-state index contributed by atoms with van der Waals surface area (Å²) in [6, 6.07) is 3.57. The van der Waals surface area contributed by atoms with Crippen molar-refractivity contribution in [1.82, 2.24) is 20.4 Å². The van der Waals surface area contributed by atoms with E-state index in [1.165, 1.54) is 0 Å². The number of fused-ring (bicyclic) bond motifs is 1. The van der Waals surface area contributed by atoms with E-state index >= 15 is 0 Å². The molecule has 0 bridgehead atoms. The summed E-state index contributed by atoms with van der Waals surface area (Å²) in [4.78, 5) is 12.2. The first-order valence-corrected chi connectivity index (χ1v) is 8.35. The van der Waals surface area contributed by atoms with E-state index in [9.17, 15) is 4.79 Å². The normalized spacial score (nSPS) is 16.7. The van der Waals surface area contributed by atoms with Gasteiger partial charge < -0.3 is 20.1 Å². The highest BCUT2D eigenvalue weighted by molar-refractivity contribution is 5.74. The van der Waals surface area contributed by atoms with Gasteiger partial charge in [-0.1, -0.05) is 0 Å². The average molecular weight is 344 g/mol. The van der Waals surface area contributed by atoms with Gasteiger partial charge in [-0.05, 0) is 26.0 Å². The van der Waals surface area contributed by atoms with Crippen molar-refractivity contribution >= 4 is 6.03 Å². The average Bonchev–Trinajstić information content (AvgIpc) is 3.16. The van der Waals surface area contributed by atoms with Gasteiger partial charge in [0.1, 0.15) is 17.6 Å². The number of hydrogen-bond acceptors (Lipinski definition) is 4. The zero-order chi connectivity index (χ0) is 18.0. The Kier molecular flexibility index (Phi) is 4.83. The Morgan fingerprint density at radius 2 is 2.32 bits per heavy atom. The zero-order valence-electron chi connectivity index (χ0n) is 15.0. The second-order valence-electron chi connectivity index (χ2n) is 6.40. The maximum absolute atomic E-state index is 12.2. The fourth-order valence-electron chi connectivity index (χ4n) is 2.98. The number of amides is 2. The predicted octanol–water partition coefficient (Wildman–Crippen LogP) is 2.31. The molecule has 2 N–H and O–H groups in total. The topological polar surface area (TPSA) is 77.4 Å². The van der Waals surface area contributed by atoms with Crippen LogP contribution in [0.25, 0.3) is 0 Å². The van der Waals surface area contributed by atoms with Crippen molar-refractivity contribution in [3.05, 3.63) is 41.2 Å². The van der Waals surface area contributed by atoms with Crippen LogP contribution in [0.3, 0.4) is 0 Å². The Labute approximate surface area is 147 Å². The third-order valence-electron chi connectivity index (χ3n) is 4.31. The minimum absolute atomic E-state index is 0.125. The SMILES string of the molecule is COc1cc2c(cc1CNC(=O)NC(C)c1cnn(C)c1)OC(C)C2. The number of rotatable bonds is 5. The molecule has 1 aromatic heterocycles. The molecule has 2 aromatic rings. The van der Waals surface area contributed by atoms with Gasteiger partial charge in [-0.2, -0.15) is 5.10 Å². The van der Waals surface area contributed by atoms with Gasteiger partial charge in [0.25, 0.3) is 0 Å². The van der Waals surface area contributed by atoms with Crippen molar-refractivity contribution < 1.29 is 14.3 Å². The first-order valence-electron chi connectivity index (χ1n) is 8.35. The van der Waals surface area contributed by atoms with Crippen LogP contribution in [-0.4, -0.2) is 29.0 Å². The molecule has 1 aromatic carbocycles. The molecule has 2 unspecified atom stereocenters. The Balaban J connectivity index is 1.61. The monoisotopic (exact) mass is 344 g/mol. The first-order chi connectivity index (χ1) is 12.0. The molecule has 134 valence electrons. The summed E-state index contributed by atoms with van der Waals surface area (Å²) < 4.78 is 12.9. The van der Waals surface area contributed by atoms with Crippen LogP contribution in [0.1, 0.15) is 36.6 Å². The number of nitrogens with zero attached hydrogens (tertiary/aromatic N) is 2. The van der Waals surface area contributed by atoms with Gasteiger partial charge >= 0.3 is 6.03 Å². The van der Waals surface area contributed by atoms with Crippen molar-refractivity contribution in [1.29, 1.82) is 0 Å². The molecule has 3 rings (SSSR count). The van der Waals surface area contributed by atoms with Crippen molar-refractivity contribution in [3.8, 4) is 11.5 Å². The summed E-state index contributed by atoms with van der Waals surface area (Å²) in [6.45, 7) is 4.32. The van der Waals surface area contributed by atoms with E-state index in [4.69, 9.17) is 9.47 Å². The molecule has 7 nitrogen and oxygen atoms in total. The number of urea groups is 1. The van der Waals surface area contributed by atoms with Gasteiger partial charge in [0.2, 0.25) is 0 Å². The molecule has 0 saturated heterocycles. The molecule has 0 saturated carbocycles. The fraction of sp³-hybridized carbons (Fsp3) is 0.444. The van der Waals surface area contributed by atoms with E-state index in [2.05, 4.69) is 15.7 Å². The number of benzene rings is 1. The van der Waals surface area contributed by atoms with Crippen LogP contribution in [-0.2, 0) is 20.0 Å². The minimum atomic E-state index is -0.242. The van der Waals surface area contributed by atoms with Gasteiger partial charge in [0, 0.05) is 42.9 Å². The van der Waals surface area contributed by atoms with Crippen molar-refractivity contribution in [3.63, 3.8) is 0 Å². The van der Waals surface area contributed by atoms with Crippen molar-refractivity contribution in [2.45, 2.75) is 39.0 Å². The lowest BCUT2D eigenvalue weighted by Crippen LogP contribution is -2.36. The number of nitrogens with one attached hydrogen (secondary N) is 2. The fourth-order valence-corrected chi connectivity index (χ4v) is 2.98. The van der Waals surface area contributed by atoms with Crippen LogP contribution >= 0.6 is 0 Å². The second kappa shape index (κ2) is 7.04. The van der Waals surface area contributed by atoms with Gasteiger partial charge in [-0.25, -0.2) is 4.79 Å². The molecule has 7 heteroatoms. The molecule has 2 heterocycles. The van der Waals surface area contributed by atoms with Crippen molar-refractivity contribution in [2.24, 2.45) is 7.05 Å². The van der Waals surface area contributed by atoms with Gasteiger partial charge in [0.05, 0.1) is 19.3 Å². The maximum atomic E-state index is 12.2. The highest BCUT2D eigenvalue weighted by Gasteiger charge is 2.22. The van der Waals surface area contributed by atoms with Crippen LogP contribution < -0.4 is 20.1 Å². The number of carbonyl (C=O) groups excluding carboxylic acids is 1. The molecule has 0 aliphatic carbocycles. The summed E-state index contributed by atoms with van der Waals surface area (Å²) in [5, 5.41) is 9.89. The highest BCUT2D eigenvalue weighted by Crippen LogP contribution is 2.34. The van der Waals surface area contributed by atoms with Gasteiger partial charge in [0.15, 0.2) is 0 Å². The van der Waals surface area contributed by atoms with Crippen LogP contribution in [0, 0.1) is 0 Å². The van der Waals surface area contributed by atoms with Crippen LogP contribution in [0.15, 0.2) is 24.5 Å². The molecular weight excluding hydrogens is 320 g/mol. The van der Waals surface area contributed by atoms with Crippen LogP contribution in [0.5, 0.6) is 11.5 Å². The maximum Gasteiger partial charge on any atom is 0.315 e. The first kappa shape index (κ1) is 17.1. The summed E-state index contributed by atoms with van der Waals surface area (Å²) in [7, 11) is 3.48. The summed E-state index contributed by atoms with van der Waals surface area (Å²) in [5.74, 6) is 1.63. The van der Waals surface area contributed by atoms with Crippen LogP contribution in [0.2, 0.25) is 0 Å². The lowest BCUT2D eigenvalue weighted by Gasteiger charge is -2.15. The Bertz CT molecular complexity index is 772. The Hall–Kier alpha value is -2.70. The Morgan fingerprint density at radius 3 is 3.00 bits per heavy atom. The number of carbonyl (C=O) groups is 1. The molecular formula is C18H24N4O3. The minimum Gasteiger partial charge on any atom is -0.496 e. The number of methoxy groups -OCH3 is 1. The molecule has 2 atom stereocenters. The third-order valence-corrected chi connectivity index (χ3v) is 4.31. The largest absolute Gasteiger partial charge is 0.496 e. The van der Waals surface area contributed by atoms with Gasteiger partial charge in [-0.3, -0.25) is 4.68 Å². The van der Waals surface area contributed by atoms with Crippen LogP contribution in [0.4, 0.5) is 4.79 Å². The van der Waals surface area contributed by atoms with E-state index in [0.717, 1.165) is 34.6 Å². The summed E-state index contributed by atoms with van der Waals surface area (Å²) >= 11 is 0. The number of aromatic nitrogens is 2. The Morgan fingerprint density at radius 1 is 1.52 bits per heavy atom. The molecule has 1 aliphatic heterocycles. The lowest BCUT2D eigenvalue weighted by molar-refractivity contribution is 0.237. The zero-order valence-corrected chi connectivity index (χ0v) is 15.0. The quantitative estimate of drug-likeness (QED) is 0.873. The molecule has 1 aliphatic rings. The smallest absolute Gasteiger partial charge is 0.315 e. The summed E-state index contributed by atoms with van der Waals surface area (Å²) in [5.41, 5.74) is 2.98. The number of hydrogen-bond donors (Lipinski definition) is 2. The number of aryl methyl sites for hydroxylation is 1. The second-order valence-corrected chi connectivity index (χ2v) is 6.40. The van der Waals surface area contributed by atoms with Gasteiger partial charge in [-0.15, -0.1) is 0 Å². The summed E-state index contributed by atoms with van der Waals surface area (Å²) in [6.07, 6.45) is 4.68. The molecule has 2 amide bonds. The molecule has 0 spiro atoms. The van der Waals surface area contributed by atoms with E-state index in [1.807, 2.05) is 39.2 Å². The van der Waals surface area contributed by atoms with E-state index < -0.39 is 0 Å². The van der Waals surface area contributed by atoms with Crippen molar-refractivity contribution in [2.75, 3.05) is 7.11 Å². The third kappa shape index (κ3) is 3.87. The lowest BCUT2D eigenvalue weighted by atomic mass is 10.1. The highest BCUT2D eigenvalue weighted by atomic mass is 16.5. The number of ether oxygens (including phenoxy) is 2. The van der Waals surface area contributed by atoms with E-state index in [-0.39, 0.29) is 18.2 Å². The van der Waals surface area contributed by atoms with E-state index in [1.54, 1.807) is 18.0 Å². The predicted molar refractivity (Wildman–Crippen MR) is 93.8 cm³/mol.